The Morgan fingerprint density at radius 2 is 0.601 bits per heavy atom. The molecule has 0 amide bonds. The number of benzene rings is 4. The second kappa shape index (κ2) is 93.4. The van der Waals surface area contributed by atoms with Gasteiger partial charge in [0.1, 0.15) is 53.7 Å². The minimum Gasteiger partial charge on any atom is -0.365 e. The summed E-state index contributed by atoms with van der Waals surface area (Å²) in [5, 5.41) is -6.96. The summed E-state index contributed by atoms with van der Waals surface area (Å²) in [6.45, 7) is 23.9. The molecule has 0 aliphatic carbocycles. The third-order valence-electron chi connectivity index (χ3n) is 15.3. The highest BCUT2D eigenvalue weighted by molar-refractivity contribution is 6.71. The van der Waals surface area contributed by atoms with Crippen LogP contribution in [0.2, 0.25) is 0 Å². The summed E-state index contributed by atoms with van der Waals surface area (Å²) >= 11 is 71.4. The number of unbranched alkanes of at least 4 members (excludes halogenated alkanes) is 6. The first-order valence-electron chi connectivity index (χ1n) is 41.3. The van der Waals surface area contributed by atoms with E-state index in [1.165, 1.54) is 105 Å². The first-order chi connectivity index (χ1) is 63.7. The van der Waals surface area contributed by atoms with Crippen LogP contribution in [0.1, 0.15) is 344 Å². The van der Waals surface area contributed by atoms with Gasteiger partial charge >= 0.3 is 0 Å². The molecule has 4 aromatic carbocycles. The minimum atomic E-state index is -0.739. The van der Waals surface area contributed by atoms with Gasteiger partial charge < -0.3 is 33.5 Å². The van der Waals surface area contributed by atoms with Crippen LogP contribution in [0, 0.1) is 5.92 Å². The van der Waals surface area contributed by atoms with E-state index in [1.54, 1.807) is 76.2 Å². The molecule has 0 aliphatic rings. The first-order valence-corrected chi connectivity index (χ1v) is 46.5. The molecule has 28 nitrogen and oxygen atoms in total. The fourth-order valence-electron chi connectivity index (χ4n) is 8.56. The molecule has 4 aromatic rings. The zero-order valence-electron chi connectivity index (χ0n) is 78.7. The lowest BCUT2D eigenvalue weighted by atomic mass is 10.0. The Kier molecular flexibility index (Phi) is 99.7. The van der Waals surface area contributed by atoms with E-state index in [2.05, 4.69) is 11.3 Å². The van der Waals surface area contributed by atoms with Crippen LogP contribution >= 0.6 is 162 Å². The van der Waals surface area contributed by atoms with Crippen LogP contribution < -0.4 is 0 Å². The van der Waals surface area contributed by atoms with Crippen molar-refractivity contribution in [2.24, 2.45) is 5.92 Å². The highest BCUT2D eigenvalue weighted by Gasteiger charge is 2.15. The largest absolute Gasteiger partial charge is 0.365 e. The third kappa shape index (κ3) is 114. The molecule has 0 aromatic heterocycles. The molecule has 1 unspecified atom stereocenters. The van der Waals surface area contributed by atoms with Gasteiger partial charge in [-0.15, -0.1) is 0 Å². The molecule has 1 atom stereocenters. The molecule has 138 heavy (non-hydrogen) atoms. The van der Waals surface area contributed by atoms with E-state index in [9.17, 15) is 129 Å². The second-order valence-corrected chi connectivity index (χ2v) is 34.3. The van der Waals surface area contributed by atoms with Crippen molar-refractivity contribution in [1.29, 1.82) is 0 Å². The summed E-state index contributed by atoms with van der Waals surface area (Å²) in [5.41, 5.74) is 3.02. The topological polar surface area (TPSA) is 470 Å². The molecule has 0 spiro atoms. The Morgan fingerprint density at radius 3 is 0.884 bits per heavy atom. The first kappa shape index (κ1) is 147. The number of allylic oxidation sites excluding steroid dienone is 3. The van der Waals surface area contributed by atoms with Crippen LogP contribution in [0.25, 0.3) is 0 Å². The van der Waals surface area contributed by atoms with Gasteiger partial charge in [-0.1, -0.05) is 81.3 Å². The van der Waals surface area contributed by atoms with Crippen LogP contribution in [0.4, 0.5) is 0 Å². The number of hydrogen-bond acceptors (Lipinski definition) is 28. The van der Waals surface area contributed by atoms with Crippen LogP contribution in [-0.4, -0.2) is 162 Å². The summed E-state index contributed by atoms with van der Waals surface area (Å²) in [6, 6.07) is 22.9. The lowest BCUT2D eigenvalue weighted by molar-refractivity contribution is -0.124. The lowest BCUT2D eigenvalue weighted by Gasteiger charge is -2.05. The molecule has 0 fully saturated rings. The van der Waals surface area contributed by atoms with Crippen molar-refractivity contribution in [2.45, 2.75) is 251 Å². The molecule has 4 rings (SSSR count). The van der Waals surface area contributed by atoms with Gasteiger partial charge in [-0.2, -0.15) is 0 Å². The van der Waals surface area contributed by atoms with Gasteiger partial charge in [-0.3, -0.25) is 101 Å². The quantitative estimate of drug-likeness (QED) is 0.0171. The number of ketones is 13. The van der Waals surface area contributed by atoms with E-state index < -0.39 is 47.2 Å². The molecule has 42 heteroatoms. The lowest BCUT2D eigenvalue weighted by Crippen LogP contribution is -2.08. The number of ether oxygens (including phenoxy) is 1. The van der Waals surface area contributed by atoms with Gasteiger partial charge in [-0.25, -0.2) is 0 Å². The van der Waals surface area contributed by atoms with Crippen LogP contribution in [0.15, 0.2) is 115 Å². The number of rotatable bonds is 48. The normalized spacial score (nSPS) is 9.68. The number of Topliss-reactive ketones (excluding diaryl/α,β-unsaturated/α-hetero) is 12. The SMILES string of the molecule is C=C(CC(C)=O)C(=O)Cl.CC(=O)/C=C/C(=O)Cl.CC(=O)CCC(=O)Cl.CC(=O)CCC(C)CC(=O)Cl.CC(=O)CCCC(=O)Cl.CC(=O)CCCCC(=O)Cl.CC(=O)CCCCCC(=O)Cl.CC(=O)CCCCCCC(=O)Cl.CC(=O)COCC(=O)Cl.CC(=O)c1cc(C(=O)Cl)cc(C(=O)Cl)c1.CC(=O)c1ccc(C(=O)Cl)cc1.CC(=O)c1cccc(C(=O)Cl)c1.CC(=O)c1ccccc1C(=O)Cl. The molecule has 0 saturated heterocycles. The van der Waals surface area contributed by atoms with Crippen LogP contribution in [0.3, 0.4) is 0 Å². The number of halogens is 14. The molecular weight excluding hydrogens is 2100 g/mol. The Bertz CT molecular complexity index is 4450. The Hall–Kier alpha value is -8.53. The fraction of sp³-hybridized carbons (Fsp3) is 0.427. The van der Waals surface area contributed by atoms with E-state index in [4.69, 9.17) is 162 Å². The van der Waals surface area contributed by atoms with E-state index >= 15 is 0 Å². The summed E-state index contributed by atoms with van der Waals surface area (Å²) in [6.07, 6.45) is 16.6. The summed E-state index contributed by atoms with van der Waals surface area (Å²) < 4.78 is 4.53. The average molecular weight is 2210 g/mol. The number of carbonyl (C=O) groups excluding carboxylic acids is 27. The predicted octanol–water partition coefficient (Wildman–Crippen LogP) is 23.6. The Morgan fingerprint density at radius 1 is 0.275 bits per heavy atom. The molecule has 0 bridgehead atoms. The van der Waals surface area contributed by atoms with Gasteiger partial charge in [0.2, 0.25) is 47.2 Å². The van der Waals surface area contributed by atoms with Crippen molar-refractivity contribution >= 4 is 311 Å². The predicted molar refractivity (Wildman–Crippen MR) is 540 cm³/mol. The molecule has 0 N–H and O–H groups in total. The Labute approximate surface area is 873 Å². The zero-order chi connectivity index (χ0) is 109. The maximum Gasteiger partial charge on any atom is 0.253 e. The van der Waals surface area contributed by atoms with Gasteiger partial charge in [0.25, 0.3) is 26.2 Å². The smallest absolute Gasteiger partial charge is 0.253 e. The van der Waals surface area contributed by atoms with Gasteiger partial charge in [0.05, 0.1) is 0 Å². The second-order valence-electron chi connectivity index (χ2n) is 28.9. The van der Waals surface area contributed by atoms with Gasteiger partial charge in [0.15, 0.2) is 34.7 Å². The minimum absolute atomic E-state index is 0.000926. The van der Waals surface area contributed by atoms with Crippen molar-refractivity contribution in [3.05, 3.63) is 165 Å². The summed E-state index contributed by atoms with van der Waals surface area (Å²) in [5.74, 6) is 0.190. The highest BCUT2D eigenvalue weighted by Crippen LogP contribution is 2.18. The van der Waals surface area contributed by atoms with Crippen molar-refractivity contribution in [1.82, 2.24) is 0 Å². The van der Waals surface area contributed by atoms with Crippen molar-refractivity contribution in [3.63, 3.8) is 0 Å². The number of carbonyl (C=O) groups is 27. The zero-order valence-corrected chi connectivity index (χ0v) is 89.3. The monoisotopic (exact) mass is 2200 g/mol. The maximum atomic E-state index is 11.1. The standard InChI is InChI=1S/C10H6Cl2O3.3C9H7ClO2.C9H15ClO2.2C8H13ClO2.C7H11ClO2.C6H7ClO2.C6H9ClO2.C5H7ClO3.C5H7ClO2.C5H5ClO2/c1-5(13)6-2-7(9(11)14)4-8(3-6)10(12)15;1-6(11)7-2-4-8(5-3-7)9(10)12;1-6(11)7-3-2-4-8(5-7)9(10)12;1-6(11)7-4-2-3-5-8(7)9(10)12;1-8(11)6-4-2-3-5-7-9(10)12;1-6(5-8(9)11)3-4-7(2)10;1-7(10)5-3-2-4-6-8(9)11;1-6(9)4-2-3-5-7(8)10;1-4(6(7)9)3-5(2)8;1-5(8)3-2-4-6(7)9;1-4(7)2-9-3-5(6)8;2*1-4(7)2-3-5(6)8/h2-4H,1H3;3*2-5H,1H3;2-7H2,1H3;6H,3-5H2,1-2H3;2-6H2,1H3;2-5H2,1H3;1,3H2,2H3;2-4H2,1H3;2-3H2,1H3;2-3H2,1H3;2-3H,1H3/b;;;;;;;;;;;;3-2+. The average Bonchev–Trinajstić information content (AvgIpc) is 0.835. The van der Waals surface area contributed by atoms with Crippen molar-refractivity contribution in [2.75, 3.05) is 13.2 Å². The van der Waals surface area contributed by atoms with E-state index in [-0.39, 0.29) is 168 Å². The number of hydrogen-bond donors (Lipinski definition) is 0. The van der Waals surface area contributed by atoms with Gasteiger partial charge in [0, 0.05) is 145 Å². The van der Waals surface area contributed by atoms with Crippen LogP contribution in [0.5, 0.6) is 0 Å². The van der Waals surface area contributed by atoms with Gasteiger partial charge in [-0.05, 0) is 358 Å². The maximum absolute atomic E-state index is 11.1. The van der Waals surface area contributed by atoms with E-state index in [0.717, 1.165) is 76.4 Å². The Balaban J connectivity index is -0.000000187. The molecule has 764 valence electrons. The van der Waals surface area contributed by atoms with Crippen LogP contribution in [-0.2, 0) is 91.0 Å². The van der Waals surface area contributed by atoms with E-state index in [1.807, 2.05) is 6.92 Å². The fourth-order valence-corrected chi connectivity index (χ4v) is 10.3. The molecule has 0 saturated carbocycles. The summed E-state index contributed by atoms with van der Waals surface area (Å²) in [4.78, 5) is 281. The van der Waals surface area contributed by atoms with Crippen molar-refractivity contribution < 1.29 is 134 Å². The van der Waals surface area contributed by atoms with Crippen molar-refractivity contribution in [3.8, 4) is 0 Å². The molecule has 0 heterocycles. The highest BCUT2D eigenvalue weighted by atomic mass is 35.5. The molecule has 0 aliphatic heterocycles. The third-order valence-corrected chi connectivity index (χ3v) is 18.0. The summed E-state index contributed by atoms with van der Waals surface area (Å²) in [7, 11) is 0. The van der Waals surface area contributed by atoms with E-state index in [0.29, 0.717) is 98.4 Å². The molecule has 0 radical (unpaired) electrons. The molecular formula is C96H114Cl14O28.